The molecule has 2 aromatic carbocycles. The van der Waals surface area contributed by atoms with Gasteiger partial charge in [0.1, 0.15) is 0 Å². The molecule has 162 valence electrons. The highest BCUT2D eigenvalue weighted by atomic mass is 35.5. The van der Waals surface area contributed by atoms with Crippen molar-refractivity contribution in [3.05, 3.63) is 70.5 Å². The van der Waals surface area contributed by atoms with Crippen molar-refractivity contribution in [2.45, 2.75) is 20.8 Å². The standard InChI is InChI=1S/C24H28ClN5O/c1-4-28-13-15-29(16-14-28)22-8-6-5-7-21(22)26-24(31)19-9-11-20(12-10-19)30-18(3)23(25)17(2)27-30/h5-12H,4,13-16H2,1-3H3,(H,26,31). The number of para-hydroxylation sites is 2. The predicted octanol–water partition coefficient (Wildman–Crippen LogP) is 4.54. The number of carbonyl (C=O) groups is 1. The zero-order valence-electron chi connectivity index (χ0n) is 18.2. The van der Waals surface area contributed by atoms with Crippen LogP contribution < -0.4 is 10.2 Å². The van der Waals surface area contributed by atoms with Gasteiger partial charge in [-0.05, 0) is 56.8 Å². The molecule has 1 aliphatic rings. The smallest absolute Gasteiger partial charge is 0.255 e. The number of nitrogens with zero attached hydrogens (tertiary/aromatic N) is 4. The molecule has 0 aliphatic carbocycles. The third kappa shape index (κ3) is 4.45. The number of nitrogens with one attached hydrogen (secondary N) is 1. The minimum Gasteiger partial charge on any atom is -0.367 e. The summed E-state index contributed by atoms with van der Waals surface area (Å²) in [6.45, 7) is 11.1. The van der Waals surface area contributed by atoms with Gasteiger partial charge in [-0.1, -0.05) is 30.7 Å². The average Bonchev–Trinajstić information content (AvgIpc) is 3.07. The van der Waals surface area contributed by atoms with Crippen molar-refractivity contribution in [2.75, 3.05) is 42.9 Å². The number of rotatable bonds is 5. The zero-order chi connectivity index (χ0) is 22.0. The first kappa shape index (κ1) is 21.4. The van der Waals surface area contributed by atoms with Crippen molar-refractivity contribution in [1.29, 1.82) is 0 Å². The molecule has 4 rings (SSSR count). The van der Waals surface area contributed by atoms with E-state index in [-0.39, 0.29) is 5.91 Å². The highest BCUT2D eigenvalue weighted by Gasteiger charge is 2.19. The molecule has 0 bridgehead atoms. The van der Waals surface area contributed by atoms with Crippen molar-refractivity contribution in [3.63, 3.8) is 0 Å². The molecule has 6 nitrogen and oxygen atoms in total. The maximum absolute atomic E-state index is 12.9. The number of likely N-dealkylation sites (N-methyl/N-ethyl adjacent to an activating group) is 1. The van der Waals surface area contributed by atoms with E-state index < -0.39 is 0 Å². The Hall–Kier alpha value is -2.83. The second-order valence-electron chi connectivity index (χ2n) is 7.84. The Labute approximate surface area is 188 Å². The molecule has 0 atom stereocenters. The second-order valence-corrected chi connectivity index (χ2v) is 8.21. The van der Waals surface area contributed by atoms with Gasteiger partial charge in [0.05, 0.1) is 33.5 Å². The van der Waals surface area contributed by atoms with Crippen LogP contribution in [0.3, 0.4) is 0 Å². The number of amides is 1. The number of piperazine rings is 1. The maximum atomic E-state index is 12.9. The number of halogens is 1. The molecular formula is C24H28ClN5O. The van der Waals surface area contributed by atoms with E-state index in [1.165, 1.54) is 0 Å². The van der Waals surface area contributed by atoms with Gasteiger partial charge in [0.25, 0.3) is 5.91 Å². The van der Waals surface area contributed by atoms with E-state index >= 15 is 0 Å². The van der Waals surface area contributed by atoms with Crippen LogP contribution in [-0.4, -0.2) is 53.3 Å². The van der Waals surface area contributed by atoms with Crippen LogP contribution in [0.25, 0.3) is 5.69 Å². The number of hydrogen-bond acceptors (Lipinski definition) is 4. The van der Waals surface area contributed by atoms with Gasteiger partial charge >= 0.3 is 0 Å². The SMILES string of the molecule is CCN1CCN(c2ccccc2NC(=O)c2ccc(-n3nc(C)c(Cl)c3C)cc2)CC1. The molecule has 2 heterocycles. The molecule has 0 radical (unpaired) electrons. The van der Waals surface area contributed by atoms with Gasteiger partial charge in [-0.15, -0.1) is 0 Å². The summed E-state index contributed by atoms with van der Waals surface area (Å²) < 4.78 is 1.80. The summed E-state index contributed by atoms with van der Waals surface area (Å²) in [5, 5.41) is 8.23. The molecule has 0 unspecified atom stereocenters. The number of benzene rings is 2. The summed E-state index contributed by atoms with van der Waals surface area (Å²) in [5.41, 5.74) is 5.05. The van der Waals surface area contributed by atoms with Crippen LogP contribution in [0.1, 0.15) is 28.7 Å². The molecular weight excluding hydrogens is 410 g/mol. The van der Waals surface area contributed by atoms with E-state index in [4.69, 9.17) is 11.6 Å². The third-order valence-corrected chi connectivity index (χ3v) is 6.44. The summed E-state index contributed by atoms with van der Waals surface area (Å²) in [5.74, 6) is -0.127. The first-order valence-electron chi connectivity index (χ1n) is 10.7. The third-order valence-electron chi connectivity index (χ3n) is 5.89. The second kappa shape index (κ2) is 9.12. The first-order valence-corrected chi connectivity index (χ1v) is 11.1. The number of aromatic nitrogens is 2. The van der Waals surface area contributed by atoms with Gasteiger partial charge in [-0.2, -0.15) is 5.10 Å². The molecule has 7 heteroatoms. The van der Waals surface area contributed by atoms with E-state index in [0.717, 1.165) is 61.2 Å². The lowest BCUT2D eigenvalue weighted by molar-refractivity contribution is 0.102. The molecule has 31 heavy (non-hydrogen) atoms. The Kier molecular flexibility index (Phi) is 6.30. The summed E-state index contributed by atoms with van der Waals surface area (Å²) in [4.78, 5) is 17.7. The summed E-state index contributed by atoms with van der Waals surface area (Å²) >= 11 is 6.26. The van der Waals surface area contributed by atoms with Crippen LogP contribution in [-0.2, 0) is 0 Å². The van der Waals surface area contributed by atoms with Gasteiger partial charge in [0.2, 0.25) is 0 Å². The highest BCUT2D eigenvalue weighted by molar-refractivity contribution is 6.31. The molecule has 1 N–H and O–H groups in total. The fourth-order valence-corrected chi connectivity index (χ4v) is 4.10. The minimum atomic E-state index is -0.127. The molecule has 0 spiro atoms. The van der Waals surface area contributed by atoms with Crippen LogP contribution in [0.5, 0.6) is 0 Å². The predicted molar refractivity (Wildman–Crippen MR) is 127 cm³/mol. The summed E-state index contributed by atoms with van der Waals surface area (Å²) in [6.07, 6.45) is 0. The first-order chi connectivity index (χ1) is 15.0. The van der Waals surface area contributed by atoms with Gasteiger partial charge in [0.15, 0.2) is 0 Å². The van der Waals surface area contributed by atoms with Crippen molar-refractivity contribution in [1.82, 2.24) is 14.7 Å². The lowest BCUT2D eigenvalue weighted by Gasteiger charge is -2.36. The Bertz CT molecular complexity index is 1070. The molecule has 1 saturated heterocycles. The monoisotopic (exact) mass is 437 g/mol. The van der Waals surface area contributed by atoms with E-state index in [1.54, 1.807) is 4.68 Å². The lowest BCUT2D eigenvalue weighted by atomic mass is 10.1. The molecule has 1 aromatic heterocycles. The van der Waals surface area contributed by atoms with Gasteiger partial charge in [-0.25, -0.2) is 4.68 Å². The summed E-state index contributed by atoms with van der Waals surface area (Å²) in [7, 11) is 0. The number of aryl methyl sites for hydroxylation is 1. The van der Waals surface area contributed by atoms with E-state index in [1.807, 2.05) is 56.3 Å². The maximum Gasteiger partial charge on any atom is 0.255 e. The molecule has 1 aliphatic heterocycles. The zero-order valence-corrected chi connectivity index (χ0v) is 19.0. The van der Waals surface area contributed by atoms with E-state index in [0.29, 0.717) is 10.6 Å². The Morgan fingerprint density at radius 2 is 1.71 bits per heavy atom. The topological polar surface area (TPSA) is 53.4 Å². The van der Waals surface area contributed by atoms with Crippen molar-refractivity contribution >= 4 is 28.9 Å². The van der Waals surface area contributed by atoms with Crippen LogP contribution in [0.4, 0.5) is 11.4 Å². The van der Waals surface area contributed by atoms with Gasteiger partial charge < -0.3 is 15.1 Å². The molecule has 0 saturated carbocycles. The van der Waals surface area contributed by atoms with Gasteiger partial charge in [-0.3, -0.25) is 4.79 Å². The van der Waals surface area contributed by atoms with Crippen LogP contribution >= 0.6 is 11.6 Å². The van der Waals surface area contributed by atoms with Crippen molar-refractivity contribution < 1.29 is 4.79 Å². The molecule has 1 fully saturated rings. The van der Waals surface area contributed by atoms with Crippen LogP contribution in [0, 0.1) is 13.8 Å². The van der Waals surface area contributed by atoms with Gasteiger partial charge in [0, 0.05) is 31.7 Å². The van der Waals surface area contributed by atoms with Crippen LogP contribution in [0.2, 0.25) is 5.02 Å². The number of hydrogen-bond donors (Lipinski definition) is 1. The Morgan fingerprint density at radius 3 is 2.32 bits per heavy atom. The molecule has 3 aromatic rings. The largest absolute Gasteiger partial charge is 0.367 e. The number of carbonyl (C=O) groups excluding carboxylic acids is 1. The number of anilines is 2. The quantitative estimate of drug-likeness (QED) is 0.636. The fourth-order valence-electron chi connectivity index (χ4n) is 3.98. The Morgan fingerprint density at radius 1 is 1.03 bits per heavy atom. The summed E-state index contributed by atoms with van der Waals surface area (Å²) in [6, 6.07) is 15.4. The van der Waals surface area contributed by atoms with E-state index in [2.05, 4.69) is 33.2 Å². The van der Waals surface area contributed by atoms with Crippen molar-refractivity contribution in [3.8, 4) is 5.69 Å². The fraction of sp³-hybridized carbons (Fsp3) is 0.333. The van der Waals surface area contributed by atoms with Crippen LogP contribution in [0.15, 0.2) is 48.5 Å². The van der Waals surface area contributed by atoms with E-state index in [9.17, 15) is 4.79 Å². The normalized spacial score (nSPS) is 14.6. The Balaban J connectivity index is 1.49. The van der Waals surface area contributed by atoms with Crippen molar-refractivity contribution in [2.24, 2.45) is 0 Å². The average molecular weight is 438 g/mol. The molecule has 1 amide bonds. The lowest BCUT2D eigenvalue weighted by Crippen LogP contribution is -2.46. The highest BCUT2D eigenvalue weighted by Crippen LogP contribution is 2.27. The minimum absolute atomic E-state index is 0.127.